The van der Waals surface area contributed by atoms with Crippen molar-refractivity contribution >= 4 is 17.5 Å². The van der Waals surface area contributed by atoms with E-state index in [9.17, 15) is 14.0 Å². The van der Waals surface area contributed by atoms with Crippen molar-refractivity contribution in [2.24, 2.45) is 5.92 Å². The Morgan fingerprint density at radius 1 is 1.33 bits per heavy atom. The molecule has 1 saturated carbocycles. The van der Waals surface area contributed by atoms with Crippen LogP contribution in [-0.4, -0.2) is 49.9 Å². The van der Waals surface area contributed by atoms with Crippen molar-refractivity contribution in [2.75, 3.05) is 38.5 Å². The Morgan fingerprint density at radius 3 is 2.71 bits per heavy atom. The van der Waals surface area contributed by atoms with Gasteiger partial charge in [0.25, 0.3) is 11.8 Å². The van der Waals surface area contributed by atoms with Crippen LogP contribution in [0, 0.1) is 11.7 Å². The average molecular weight is 336 g/mol. The molecule has 2 amide bonds. The third-order valence-corrected chi connectivity index (χ3v) is 4.05. The molecule has 0 radical (unpaired) electrons. The number of benzene rings is 1. The van der Waals surface area contributed by atoms with Crippen LogP contribution in [0.2, 0.25) is 0 Å². The lowest BCUT2D eigenvalue weighted by atomic mass is 10.3. The monoisotopic (exact) mass is 336 g/mol. The molecular formula is C18H27FN3O2+. The van der Waals surface area contributed by atoms with Gasteiger partial charge in [-0.05, 0) is 43.4 Å². The third-order valence-electron chi connectivity index (χ3n) is 4.05. The van der Waals surface area contributed by atoms with E-state index in [2.05, 4.69) is 12.2 Å². The molecule has 1 aliphatic rings. The van der Waals surface area contributed by atoms with Gasteiger partial charge in [0.1, 0.15) is 5.82 Å². The Kier molecular flexibility index (Phi) is 6.73. The summed E-state index contributed by atoms with van der Waals surface area (Å²) in [6.07, 6.45) is 3.37. The minimum atomic E-state index is -0.390. The predicted octanol–water partition coefficient (Wildman–Crippen LogP) is 0.928. The van der Waals surface area contributed by atoms with Gasteiger partial charge in [-0.3, -0.25) is 9.59 Å². The van der Waals surface area contributed by atoms with Crippen LogP contribution in [0.4, 0.5) is 10.1 Å². The minimum Gasteiger partial charge on any atom is -0.338 e. The zero-order chi connectivity index (χ0) is 17.5. The molecule has 0 heterocycles. The standard InChI is InChI=1S/C18H26FN3O2/c1-3-9-22(11-14-7-8-14)18(24)13-21(2)12-17(23)20-16-6-4-5-15(19)10-16/h4-6,10,14H,3,7-9,11-13H2,1-2H3,(H,20,23)/p+1. The highest BCUT2D eigenvalue weighted by Gasteiger charge is 2.27. The first-order chi connectivity index (χ1) is 11.5. The molecule has 1 aliphatic carbocycles. The van der Waals surface area contributed by atoms with Gasteiger partial charge < -0.3 is 15.1 Å². The highest BCUT2D eigenvalue weighted by atomic mass is 19.1. The van der Waals surface area contributed by atoms with E-state index in [0.717, 1.165) is 24.4 Å². The van der Waals surface area contributed by atoms with Crippen LogP contribution in [0.1, 0.15) is 26.2 Å². The second kappa shape index (κ2) is 8.78. The van der Waals surface area contributed by atoms with E-state index in [1.165, 1.54) is 25.0 Å². The number of carbonyl (C=O) groups excluding carboxylic acids is 2. The summed E-state index contributed by atoms with van der Waals surface area (Å²) in [5.74, 6) is 0.144. The van der Waals surface area contributed by atoms with Crippen LogP contribution in [0.25, 0.3) is 0 Å². The normalized spacial score (nSPS) is 15.0. The molecule has 1 fully saturated rings. The average Bonchev–Trinajstić information content (AvgIpc) is 3.30. The summed E-state index contributed by atoms with van der Waals surface area (Å²) < 4.78 is 13.1. The molecule has 6 heteroatoms. The van der Waals surface area contributed by atoms with Gasteiger partial charge in [0.05, 0.1) is 7.05 Å². The van der Waals surface area contributed by atoms with E-state index in [-0.39, 0.29) is 24.2 Å². The number of hydrogen-bond acceptors (Lipinski definition) is 2. The van der Waals surface area contributed by atoms with E-state index >= 15 is 0 Å². The maximum atomic E-state index is 13.1. The first-order valence-corrected chi connectivity index (χ1v) is 8.62. The van der Waals surface area contributed by atoms with E-state index in [1.807, 2.05) is 11.9 Å². The molecule has 1 atom stereocenters. The maximum Gasteiger partial charge on any atom is 0.279 e. The fourth-order valence-corrected chi connectivity index (χ4v) is 2.68. The molecular weight excluding hydrogens is 309 g/mol. The Bertz CT molecular complexity index is 575. The van der Waals surface area contributed by atoms with Crippen molar-refractivity contribution in [3.05, 3.63) is 30.1 Å². The topological polar surface area (TPSA) is 53.9 Å². The van der Waals surface area contributed by atoms with Gasteiger partial charge in [-0.2, -0.15) is 0 Å². The Hall–Kier alpha value is -1.95. The molecule has 5 nitrogen and oxygen atoms in total. The molecule has 1 unspecified atom stereocenters. The van der Waals surface area contributed by atoms with E-state index in [1.54, 1.807) is 12.1 Å². The Balaban J connectivity index is 1.78. The molecule has 0 bridgehead atoms. The van der Waals surface area contributed by atoms with Gasteiger partial charge in [-0.1, -0.05) is 13.0 Å². The number of hydrogen-bond donors (Lipinski definition) is 2. The fraction of sp³-hybridized carbons (Fsp3) is 0.556. The van der Waals surface area contributed by atoms with Crippen molar-refractivity contribution in [3.8, 4) is 0 Å². The molecule has 132 valence electrons. The lowest BCUT2D eigenvalue weighted by Crippen LogP contribution is -3.11. The quantitative estimate of drug-likeness (QED) is 0.705. The summed E-state index contributed by atoms with van der Waals surface area (Å²) >= 11 is 0. The van der Waals surface area contributed by atoms with Crippen LogP contribution in [0.5, 0.6) is 0 Å². The maximum absolute atomic E-state index is 13.1. The summed E-state index contributed by atoms with van der Waals surface area (Å²) in [5.41, 5.74) is 0.431. The third kappa shape index (κ3) is 6.28. The van der Waals surface area contributed by atoms with E-state index < -0.39 is 0 Å². The van der Waals surface area contributed by atoms with Crippen LogP contribution >= 0.6 is 0 Å². The molecule has 0 aromatic heterocycles. The largest absolute Gasteiger partial charge is 0.338 e. The number of nitrogens with one attached hydrogen (secondary N) is 2. The number of carbonyl (C=O) groups is 2. The van der Waals surface area contributed by atoms with Gasteiger partial charge in [-0.25, -0.2) is 4.39 Å². The smallest absolute Gasteiger partial charge is 0.279 e. The molecule has 1 aromatic rings. The van der Waals surface area contributed by atoms with Crippen LogP contribution in [-0.2, 0) is 9.59 Å². The lowest BCUT2D eigenvalue weighted by molar-refractivity contribution is -0.862. The van der Waals surface area contributed by atoms with Crippen LogP contribution in [0.3, 0.4) is 0 Å². The zero-order valence-electron chi connectivity index (χ0n) is 14.5. The number of nitrogens with zero attached hydrogens (tertiary/aromatic N) is 1. The number of quaternary nitrogens is 1. The Morgan fingerprint density at radius 2 is 2.08 bits per heavy atom. The first-order valence-electron chi connectivity index (χ1n) is 8.62. The lowest BCUT2D eigenvalue weighted by Gasteiger charge is -2.23. The molecule has 0 spiro atoms. The van der Waals surface area contributed by atoms with Crippen molar-refractivity contribution in [1.29, 1.82) is 0 Å². The fourth-order valence-electron chi connectivity index (χ4n) is 2.68. The number of likely N-dealkylation sites (N-methyl/N-ethyl adjacent to an activating group) is 1. The van der Waals surface area contributed by atoms with E-state index in [4.69, 9.17) is 0 Å². The second-order valence-corrected chi connectivity index (χ2v) is 6.65. The molecule has 2 rings (SSSR count). The van der Waals surface area contributed by atoms with Gasteiger partial charge in [0.15, 0.2) is 13.1 Å². The van der Waals surface area contributed by atoms with Gasteiger partial charge >= 0.3 is 0 Å². The predicted molar refractivity (Wildman–Crippen MR) is 91.2 cm³/mol. The van der Waals surface area contributed by atoms with Crippen molar-refractivity contribution in [1.82, 2.24) is 4.90 Å². The molecule has 24 heavy (non-hydrogen) atoms. The van der Waals surface area contributed by atoms with Crippen molar-refractivity contribution < 1.29 is 18.9 Å². The Labute approximate surface area is 142 Å². The molecule has 1 aromatic carbocycles. The van der Waals surface area contributed by atoms with Gasteiger partial charge in [-0.15, -0.1) is 0 Å². The highest BCUT2D eigenvalue weighted by molar-refractivity contribution is 5.91. The molecule has 0 aliphatic heterocycles. The number of halogens is 1. The summed E-state index contributed by atoms with van der Waals surface area (Å²) in [6, 6.07) is 5.79. The summed E-state index contributed by atoms with van der Waals surface area (Å²) in [4.78, 5) is 27.2. The molecule has 2 N–H and O–H groups in total. The first kappa shape index (κ1) is 18.4. The zero-order valence-corrected chi connectivity index (χ0v) is 14.5. The summed E-state index contributed by atoms with van der Waals surface area (Å²) in [5, 5.41) is 2.66. The summed E-state index contributed by atoms with van der Waals surface area (Å²) in [7, 11) is 1.82. The summed E-state index contributed by atoms with van der Waals surface area (Å²) in [6.45, 7) is 4.15. The van der Waals surface area contributed by atoms with Crippen molar-refractivity contribution in [2.45, 2.75) is 26.2 Å². The number of amides is 2. The van der Waals surface area contributed by atoms with Gasteiger partial charge in [0.2, 0.25) is 0 Å². The second-order valence-electron chi connectivity index (χ2n) is 6.65. The number of rotatable bonds is 9. The highest BCUT2D eigenvalue weighted by Crippen LogP contribution is 2.29. The molecule has 0 saturated heterocycles. The van der Waals surface area contributed by atoms with Gasteiger partial charge in [0, 0.05) is 18.8 Å². The van der Waals surface area contributed by atoms with Crippen LogP contribution in [0.15, 0.2) is 24.3 Å². The number of anilines is 1. The minimum absolute atomic E-state index is 0.0970. The van der Waals surface area contributed by atoms with Crippen LogP contribution < -0.4 is 10.2 Å². The SMILES string of the molecule is CCCN(CC1CC1)C(=O)C[NH+](C)CC(=O)Nc1cccc(F)c1. The van der Waals surface area contributed by atoms with Crippen molar-refractivity contribution in [3.63, 3.8) is 0 Å². The van der Waals surface area contributed by atoms with E-state index in [0.29, 0.717) is 18.2 Å².